The number of hydrogen-bond acceptors (Lipinski definition) is 4. The molecule has 1 aliphatic heterocycles. The molecular formula is C16H17N3O3. The van der Waals surface area contributed by atoms with Crippen LogP contribution < -0.4 is 14.8 Å². The van der Waals surface area contributed by atoms with Crippen molar-refractivity contribution < 1.29 is 14.3 Å². The quantitative estimate of drug-likeness (QED) is 0.884. The van der Waals surface area contributed by atoms with Crippen molar-refractivity contribution in [3.8, 4) is 11.5 Å². The van der Waals surface area contributed by atoms with Crippen LogP contribution in [0.1, 0.15) is 17.0 Å². The molecule has 3 rings (SSSR count). The lowest BCUT2D eigenvalue weighted by molar-refractivity contribution is -0.111. The molecule has 6 heteroatoms. The molecule has 0 saturated heterocycles. The number of amides is 1. The lowest BCUT2D eigenvalue weighted by Gasteiger charge is -2.02. The van der Waals surface area contributed by atoms with Gasteiger partial charge in [0.1, 0.15) is 0 Å². The monoisotopic (exact) mass is 299 g/mol. The van der Waals surface area contributed by atoms with Crippen molar-refractivity contribution in [2.24, 2.45) is 7.05 Å². The number of aryl methyl sites for hydroxylation is 2. The van der Waals surface area contributed by atoms with Gasteiger partial charge in [0.05, 0.1) is 17.1 Å². The fraction of sp³-hybridized carbons (Fsp3) is 0.250. The molecule has 1 aromatic heterocycles. The smallest absolute Gasteiger partial charge is 0.248 e. The van der Waals surface area contributed by atoms with Gasteiger partial charge in [0, 0.05) is 13.1 Å². The van der Waals surface area contributed by atoms with Crippen molar-refractivity contribution >= 4 is 17.7 Å². The minimum atomic E-state index is -0.197. The van der Waals surface area contributed by atoms with E-state index in [-0.39, 0.29) is 12.7 Å². The van der Waals surface area contributed by atoms with Crippen LogP contribution in [0.4, 0.5) is 5.69 Å². The summed E-state index contributed by atoms with van der Waals surface area (Å²) in [5.74, 6) is 1.22. The number of carbonyl (C=O) groups excluding carboxylic acids is 1. The highest BCUT2D eigenvalue weighted by Crippen LogP contribution is 2.32. The maximum atomic E-state index is 12.0. The van der Waals surface area contributed by atoms with Gasteiger partial charge in [0.2, 0.25) is 12.7 Å². The highest BCUT2D eigenvalue weighted by Gasteiger charge is 2.13. The molecule has 114 valence electrons. The Morgan fingerprint density at radius 1 is 1.32 bits per heavy atom. The Balaban J connectivity index is 1.71. The van der Waals surface area contributed by atoms with Crippen LogP contribution in [0.25, 0.3) is 6.08 Å². The third-order valence-corrected chi connectivity index (χ3v) is 3.58. The molecule has 22 heavy (non-hydrogen) atoms. The Morgan fingerprint density at radius 3 is 2.82 bits per heavy atom. The van der Waals surface area contributed by atoms with E-state index >= 15 is 0 Å². The van der Waals surface area contributed by atoms with Gasteiger partial charge < -0.3 is 14.8 Å². The van der Waals surface area contributed by atoms with Gasteiger partial charge in [-0.25, -0.2) is 0 Å². The van der Waals surface area contributed by atoms with Crippen LogP contribution in [0.3, 0.4) is 0 Å². The number of benzene rings is 1. The number of ether oxygens (including phenoxy) is 2. The number of carbonyl (C=O) groups is 1. The minimum Gasteiger partial charge on any atom is -0.454 e. The molecule has 0 spiro atoms. The summed E-state index contributed by atoms with van der Waals surface area (Å²) in [4.78, 5) is 12.0. The molecule has 2 heterocycles. The van der Waals surface area contributed by atoms with Crippen LogP contribution in [-0.2, 0) is 11.8 Å². The van der Waals surface area contributed by atoms with Crippen molar-refractivity contribution in [3.05, 3.63) is 41.2 Å². The first-order valence-electron chi connectivity index (χ1n) is 6.93. The van der Waals surface area contributed by atoms with Gasteiger partial charge in [-0.05, 0) is 37.6 Å². The average Bonchev–Trinajstić information content (AvgIpc) is 3.05. The molecule has 0 atom stereocenters. The van der Waals surface area contributed by atoms with E-state index in [1.807, 2.05) is 39.1 Å². The van der Waals surface area contributed by atoms with E-state index in [0.717, 1.165) is 28.4 Å². The number of nitrogens with zero attached hydrogens (tertiary/aromatic N) is 2. The minimum absolute atomic E-state index is 0.197. The molecule has 0 bridgehead atoms. The lowest BCUT2D eigenvalue weighted by atomic mass is 10.2. The molecule has 0 aliphatic carbocycles. The second kappa shape index (κ2) is 5.55. The van der Waals surface area contributed by atoms with Crippen molar-refractivity contribution in [2.75, 3.05) is 12.1 Å². The summed E-state index contributed by atoms with van der Waals surface area (Å²) in [6.45, 7) is 4.02. The summed E-state index contributed by atoms with van der Waals surface area (Å²) in [5.41, 5.74) is 3.34. The zero-order valence-corrected chi connectivity index (χ0v) is 12.7. The molecule has 2 aromatic rings. The molecule has 1 aromatic carbocycles. The van der Waals surface area contributed by atoms with Gasteiger partial charge in [0.15, 0.2) is 11.5 Å². The Bertz CT molecular complexity index is 762. The van der Waals surface area contributed by atoms with Gasteiger partial charge in [-0.2, -0.15) is 5.10 Å². The summed E-state index contributed by atoms with van der Waals surface area (Å²) >= 11 is 0. The Hall–Kier alpha value is -2.76. The third kappa shape index (κ3) is 2.67. The van der Waals surface area contributed by atoms with Gasteiger partial charge >= 0.3 is 0 Å². The molecule has 1 aliphatic rings. The number of aromatic nitrogens is 2. The van der Waals surface area contributed by atoms with Crippen LogP contribution in [0.5, 0.6) is 11.5 Å². The van der Waals surface area contributed by atoms with Gasteiger partial charge in [0.25, 0.3) is 0 Å². The maximum absolute atomic E-state index is 12.0. The van der Waals surface area contributed by atoms with Gasteiger partial charge in [-0.1, -0.05) is 6.07 Å². The maximum Gasteiger partial charge on any atom is 0.248 e. The summed E-state index contributed by atoms with van der Waals surface area (Å²) in [6, 6.07) is 5.54. The number of fused-ring (bicyclic) bond motifs is 1. The highest BCUT2D eigenvalue weighted by molar-refractivity contribution is 6.02. The number of nitrogens with one attached hydrogen (secondary N) is 1. The lowest BCUT2D eigenvalue weighted by Crippen LogP contribution is -2.09. The molecule has 1 N–H and O–H groups in total. The topological polar surface area (TPSA) is 65.4 Å². The van der Waals surface area contributed by atoms with E-state index < -0.39 is 0 Å². The van der Waals surface area contributed by atoms with E-state index in [4.69, 9.17) is 9.47 Å². The summed E-state index contributed by atoms with van der Waals surface area (Å²) in [7, 11) is 1.85. The van der Waals surface area contributed by atoms with E-state index in [0.29, 0.717) is 5.75 Å². The Labute approximate surface area is 128 Å². The molecule has 0 unspecified atom stereocenters. The zero-order valence-electron chi connectivity index (χ0n) is 12.7. The standard InChI is InChI=1S/C16H17N3O3/c1-10-16(11(2)19(3)18-10)17-15(20)7-5-12-4-6-13-14(8-12)22-9-21-13/h4-8H,9H2,1-3H3,(H,17,20)/b7-5+. The van der Waals surface area contributed by atoms with Crippen LogP contribution in [0.2, 0.25) is 0 Å². The first kappa shape index (κ1) is 14.2. The normalized spacial score (nSPS) is 12.9. The fourth-order valence-electron chi connectivity index (χ4n) is 2.31. The van der Waals surface area contributed by atoms with E-state index in [9.17, 15) is 4.79 Å². The predicted molar refractivity (Wildman–Crippen MR) is 82.9 cm³/mol. The van der Waals surface area contributed by atoms with Crippen LogP contribution in [-0.4, -0.2) is 22.5 Å². The summed E-state index contributed by atoms with van der Waals surface area (Å²) in [5, 5.41) is 7.13. The first-order chi connectivity index (χ1) is 10.5. The molecule has 0 fully saturated rings. The SMILES string of the molecule is Cc1nn(C)c(C)c1NC(=O)/C=C/c1ccc2c(c1)OCO2. The summed E-state index contributed by atoms with van der Waals surface area (Å²) < 4.78 is 12.3. The van der Waals surface area contributed by atoms with E-state index in [1.165, 1.54) is 6.08 Å². The van der Waals surface area contributed by atoms with Crippen molar-refractivity contribution in [1.29, 1.82) is 0 Å². The summed E-state index contributed by atoms with van der Waals surface area (Å²) in [6.07, 6.45) is 3.22. The molecule has 6 nitrogen and oxygen atoms in total. The average molecular weight is 299 g/mol. The first-order valence-corrected chi connectivity index (χ1v) is 6.93. The van der Waals surface area contributed by atoms with Gasteiger partial charge in [-0.3, -0.25) is 9.48 Å². The number of anilines is 1. The third-order valence-electron chi connectivity index (χ3n) is 3.58. The second-order valence-electron chi connectivity index (χ2n) is 5.10. The molecular weight excluding hydrogens is 282 g/mol. The predicted octanol–water partition coefficient (Wildman–Crippen LogP) is 2.42. The van der Waals surface area contributed by atoms with E-state index in [1.54, 1.807) is 10.8 Å². The van der Waals surface area contributed by atoms with E-state index in [2.05, 4.69) is 10.4 Å². The van der Waals surface area contributed by atoms with Crippen molar-refractivity contribution in [3.63, 3.8) is 0 Å². The second-order valence-corrected chi connectivity index (χ2v) is 5.10. The number of hydrogen-bond donors (Lipinski definition) is 1. The molecule has 1 amide bonds. The number of rotatable bonds is 3. The molecule has 0 saturated carbocycles. The largest absolute Gasteiger partial charge is 0.454 e. The Morgan fingerprint density at radius 2 is 2.09 bits per heavy atom. The zero-order chi connectivity index (χ0) is 15.7. The Kier molecular flexibility index (Phi) is 3.58. The van der Waals surface area contributed by atoms with Gasteiger partial charge in [-0.15, -0.1) is 0 Å². The highest BCUT2D eigenvalue weighted by atomic mass is 16.7. The van der Waals surface area contributed by atoms with Crippen LogP contribution in [0, 0.1) is 13.8 Å². The molecule has 0 radical (unpaired) electrons. The fourth-order valence-corrected chi connectivity index (χ4v) is 2.31. The van der Waals surface area contributed by atoms with Crippen molar-refractivity contribution in [1.82, 2.24) is 9.78 Å². The van der Waals surface area contributed by atoms with Crippen LogP contribution >= 0.6 is 0 Å². The van der Waals surface area contributed by atoms with Crippen molar-refractivity contribution in [2.45, 2.75) is 13.8 Å². The van der Waals surface area contributed by atoms with Crippen LogP contribution in [0.15, 0.2) is 24.3 Å².